The summed E-state index contributed by atoms with van der Waals surface area (Å²) in [6.45, 7) is 0. The van der Waals surface area contributed by atoms with Crippen LogP contribution in [0.25, 0.3) is 22.3 Å². The molecule has 0 fully saturated rings. The van der Waals surface area contributed by atoms with E-state index in [-0.39, 0.29) is 22.4 Å². The number of para-hydroxylation sites is 1. The molecule has 0 aromatic heterocycles. The Morgan fingerprint density at radius 3 is 1.70 bits per heavy atom. The van der Waals surface area contributed by atoms with Crippen molar-refractivity contribution < 1.29 is 22.7 Å². The zero-order valence-electron chi connectivity index (χ0n) is 11.7. The number of hydrogen-bond donors (Lipinski definition) is 1. The Bertz CT molecular complexity index is 890. The van der Waals surface area contributed by atoms with Crippen LogP contribution in [0.1, 0.15) is 0 Å². The number of benzene rings is 3. The molecule has 3 rings (SSSR count). The molecule has 1 N–H and O–H groups in total. The second kappa shape index (κ2) is 5.76. The van der Waals surface area contributed by atoms with Crippen LogP contribution in [0.4, 0.5) is 17.6 Å². The smallest absolute Gasteiger partial charge is 0.167 e. The molecule has 0 aliphatic carbocycles. The third-order valence-electron chi connectivity index (χ3n) is 3.52. The predicted octanol–water partition coefficient (Wildman–Crippen LogP) is 5.28. The first-order valence-corrected chi connectivity index (χ1v) is 6.71. The van der Waals surface area contributed by atoms with Gasteiger partial charge in [0.25, 0.3) is 0 Å². The summed E-state index contributed by atoms with van der Waals surface area (Å²) in [7, 11) is 0. The quantitative estimate of drug-likeness (QED) is 0.637. The zero-order valence-corrected chi connectivity index (χ0v) is 11.7. The second-order valence-corrected chi connectivity index (χ2v) is 4.91. The van der Waals surface area contributed by atoms with Gasteiger partial charge in [-0.3, -0.25) is 0 Å². The normalized spacial score (nSPS) is 10.8. The SMILES string of the molecule is Oc1ccccc1-c1ccc(-c2cccc(F)c2F)c(F)c1F. The standard InChI is InChI=1S/C18H10F4O/c19-14-6-3-5-11(16(14)20)13-9-8-12(17(21)18(13)22)10-4-1-2-7-15(10)23/h1-9,23H. The maximum Gasteiger partial charge on any atom is 0.167 e. The highest BCUT2D eigenvalue weighted by atomic mass is 19.2. The molecule has 0 spiro atoms. The van der Waals surface area contributed by atoms with E-state index in [2.05, 4.69) is 0 Å². The minimum Gasteiger partial charge on any atom is -0.507 e. The highest BCUT2D eigenvalue weighted by molar-refractivity contribution is 5.75. The van der Waals surface area contributed by atoms with Crippen LogP contribution in [0.15, 0.2) is 54.6 Å². The lowest BCUT2D eigenvalue weighted by atomic mass is 9.98. The molecule has 3 aromatic rings. The lowest BCUT2D eigenvalue weighted by molar-refractivity contribution is 0.475. The Balaban J connectivity index is 2.19. The zero-order chi connectivity index (χ0) is 16.6. The Kier molecular flexibility index (Phi) is 3.78. The van der Waals surface area contributed by atoms with Gasteiger partial charge in [0.15, 0.2) is 23.3 Å². The summed E-state index contributed by atoms with van der Waals surface area (Å²) in [6, 6.07) is 11.5. The van der Waals surface area contributed by atoms with Gasteiger partial charge in [0.1, 0.15) is 5.75 Å². The number of phenolic OH excluding ortho intramolecular Hbond substituents is 1. The number of rotatable bonds is 2. The van der Waals surface area contributed by atoms with Gasteiger partial charge in [-0.2, -0.15) is 0 Å². The van der Waals surface area contributed by atoms with Crippen molar-refractivity contribution in [1.29, 1.82) is 0 Å². The molecule has 0 atom stereocenters. The summed E-state index contributed by atoms with van der Waals surface area (Å²) in [4.78, 5) is 0. The van der Waals surface area contributed by atoms with Gasteiger partial charge in [0.2, 0.25) is 0 Å². The first-order chi connectivity index (χ1) is 11.0. The molecule has 5 heteroatoms. The van der Waals surface area contributed by atoms with E-state index in [0.29, 0.717) is 0 Å². The highest BCUT2D eigenvalue weighted by Gasteiger charge is 2.20. The molecular formula is C18H10F4O. The average molecular weight is 318 g/mol. The third-order valence-corrected chi connectivity index (χ3v) is 3.52. The van der Waals surface area contributed by atoms with Crippen molar-refractivity contribution in [2.24, 2.45) is 0 Å². The van der Waals surface area contributed by atoms with Gasteiger partial charge in [0.05, 0.1) is 0 Å². The number of phenols is 1. The average Bonchev–Trinajstić information content (AvgIpc) is 2.54. The van der Waals surface area contributed by atoms with Crippen molar-refractivity contribution in [2.45, 2.75) is 0 Å². The summed E-state index contributed by atoms with van der Waals surface area (Å²) in [6.07, 6.45) is 0. The van der Waals surface area contributed by atoms with Crippen LogP contribution in [0.5, 0.6) is 5.75 Å². The lowest BCUT2D eigenvalue weighted by Gasteiger charge is -2.11. The molecule has 116 valence electrons. The van der Waals surface area contributed by atoms with Crippen molar-refractivity contribution in [3.63, 3.8) is 0 Å². The summed E-state index contributed by atoms with van der Waals surface area (Å²) < 4.78 is 55.7. The largest absolute Gasteiger partial charge is 0.507 e. The molecule has 0 bridgehead atoms. The van der Waals surface area contributed by atoms with E-state index < -0.39 is 28.8 Å². The third kappa shape index (κ3) is 2.54. The van der Waals surface area contributed by atoms with Gasteiger partial charge in [-0.1, -0.05) is 42.5 Å². The Morgan fingerprint density at radius 2 is 1.04 bits per heavy atom. The molecule has 0 radical (unpaired) electrons. The van der Waals surface area contributed by atoms with Crippen molar-refractivity contribution in [2.75, 3.05) is 0 Å². The fourth-order valence-electron chi connectivity index (χ4n) is 2.38. The van der Waals surface area contributed by atoms with E-state index in [0.717, 1.165) is 18.2 Å². The highest BCUT2D eigenvalue weighted by Crippen LogP contribution is 2.36. The molecule has 0 saturated heterocycles. The predicted molar refractivity (Wildman–Crippen MR) is 78.8 cm³/mol. The summed E-state index contributed by atoms with van der Waals surface area (Å²) >= 11 is 0. The minimum atomic E-state index is -1.31. The van der Waals surface area contributed by atoms with E-state index in [9.17, 15) is 22.7 Å². The molecule has 23 heavy (non-hydrogen) atoms. The van der Waals surface area contributed by atoms with E-state index in [1.165, 1.54) is 24.3 Å². The Hall–Kier alpha value is -2.82. The van der Waals surface area contributed by atoms with Crippen LogP contribution < -0.4 is 0 Å². The topological polar surface area (TPSA) is 20.2 Å². The molecule has 1 nitrogen and oxygen atoms in total. The van der Waals surface area contributed by atoms with Gasteiger partial charge < -0.3 is 5.11 Å². The van der Waals surface area contributed by atoms with Gasteiger partial charge in [-0.05, 0) is 12.1 Å². The molecule has 0 unspecified atom stereocenters. The van der Waals surface area contributed by atoms with Crippen LogP contribution in [0, 0.1) is 23.3 Å². The summed E-state index contributed by atoms with van der Waals surface area (Å²) in [5.41, 5.74) is -0.819. The van der Waals surface area contributed by atoms with Crippen LogP contribution in [0.3, 0.4) is 0 Å². The molecular weight excluding hydrogens is 308 g/mol. The van der Waals surface area contributed by atoms with Gasteiger partial charge in [-0.15, -0.1) is 0 Å². The first-order valence-electron chi connectivity index (χ1n) is 6.71. The second-order valence-electron chi connectivity index (χ2n) is 4.91. The van der Waals surface area contributed by atoms with Crippen LogP contribution in [0.2, 0.25) is 0 Å². The van der Waals surface area contributed by atoms with E-state index >= 15 is 0 Å². The molecule has 3 aromatic carbocycles. The molecule has 0 heterocycles. The maximum atomic E-state index is 14.3. The summed E-state index contributed by atoms with van der Waals surface area (Å²) in [5.74, 6) is -5.16. The molecule has 0 aliphatic heterocycles. The van der Waals surface area contributed by atoms with Crippen molar-refractivity contribution in [1.82, 2.24) is 0 Å². The minimum absolute atomic E-state index is 0.107. The van der Waals surface area contributed by atoms with Crippen molar-refractivity contribution >= 4 is 0 Å². The number of aromatic hydroxyl groups is 1. The van der Waals surface area contributed by atoms with Crippen LogP contribution in [-0.4, -0.2) is 5.11 Å². The monoisotopic (exact) mass is 318 g/mol. The Labute approximate surface area is 129 Å². The lowest BCUT2D eigenvalue weighted by Crippen LogP contribution is -1.97. The van der Waals surface area contributed by atoms with Gasteiger partial charge in [0, 0.05) is 22.3 Å². The van der Waals surface area contributed by atoms with Crippen molar-refractivity contribution in [3.05, 3.63) is 77.9 Å². The van der Waals surface area contributed by atoms with Crippen LogP contribution in [-0.2, 0) is 0 Å². The molecule has 0 aliphatic rings. The maximum absolute atomic E-state index is 14.3. The van der Waals surface area contributed by atoms with E-state index in [1.54, 1.807) is 12.1 Å². The fourth-order valence-corrected chi connectivity index (χ4v) is 2.38. The summed E-state index contributed by atoms with van der Waals surface area (Å²) in [5, 5.41) is 9.75. The van der Waals surface area contributed by atoms with E-state index in [1.807, 2.05) is 0 Å². The van der Waals surface area contributed by atoms with Gasteiger partial charge in [-0.25, -0.2) is 17.6 Å². The van der Waals surface area contributed by atoms with Crippen LogP contribution >= 0.6 is 0 Å². The molecule has 0 saturated carbocycles. The van der Waals surface area contributed by atoms with Gasteiger partial charge >= 0.3 is 0 Å². The van der Waals surface area contributed by atoms with E-state index in [4.69, 9.17) is 0 Å². The molecule has 0 amide bonds. The number of halogens is 4. The fraction of sp³-hybridized carbons (Fsp3) is 0. The number of hydrogen-bond acceptors (Lipinski definition) is 1. The first kappa shape index (κ1) is 15.1. The Morgan fingerprint density at radius 1 is 0.522 bits per heavy atom. The van der Waals surface area contributed by atoms with Crippen molar-refractivity contribution in [3.8, 4) is 28.0 Å².